The quantitative estimate of drug-likeness (QED) is 0.886. The summed E-state index contributed by atoms with van der Waals surface area (Å²) in [6.45, 7) is 2.19. The monoisotopic (exact) mass is 372 g/mol. The van der Waals surface area contributed by atoms with E-state index in [1.54, 1.807) is 7.11 Å². The molecule has 3 aliphatic rings. The van der Waals surface area contributed by atoms with Gasteiger partial charge >= 0.3 is 0 Å². The van der Waals surface area contributed by atoms with Crippen molar-refractivity contribution in [3.05, 3.63) is 29.3 Å². The molecule has 0 bridgehead atoms. The number of hydrogen-bond acceptors (Lipinski definition) is 4. The average Bonchev–Trinajstić information content (AvgIpc) is 2.74. The second-order valence-electron chi connectivity index (χ2n) is 8.36. The predicted octanol–water partition coefficient (Wildman–Crippen LogP) is 2.99. The first kappa shape index (κ1) is 18.8. The molecule has 1 aliphatic carbocycles. The second kappa shape index (κ2) is 7.80. The number of amides is 1. The molecular weight excluding hydrogens is 340 g/mol. The SMILES string of the molecule is COc1ccc2c(c1)CCOC21CCN(C(=O)C(N)C2CCCCC2)CC1. The molecule has 1 saturated heterocycles. The molecular formula is C22H32N2O3. The Balaban J connectivity index is 1.44. The number of piperidine rings is 1. The van der Waals surface area contributed by atoms with Crippen LogP contribution in [-0.4, -0.2) is 43.7 Å². The zero-order chi connectivity index (χ0) is 18.9. The van der Waals surface area contributed by atoms with Crippen molar-refractivity contribution in [1.82, 2.24) is 4.90 Å². The number of ether oxygens (including phenoxy) is 2. The van der Waals surface area contributed by atoms with Crippen LogP contribution in [-0.2, 0) is 21.6 Å². The van der Waals surface area contributed by atoms with Crippen LogP contribution in [0.2, 0.25) is 0 Å². The van der Waals surface area contributed by atoms with Gasteiger partial charge in [0.15, 0.2) is 0 Å². The van der Waals surface area contributed by atoms with Crippen LogP contribution in [0.3, 0.4) is 0 Å². The van der Waals surface area contributed by atoms with Crippen LogP contribution in [0.15, 0.2) is 18.2 Å². The molecule has 1 amide bonds. The minimum absolute atomic E-state index is 0.141. The van der Waals surface area contributed by atoms with E-state index in [4.69, 9.17) is 15.2 Å². The number of nitrogens with two attached hydrogens (primary N) is 1. The van der Waals surface area contributed by atoms with Crippen LogP contribution in [0.4, 0.5) is 0 Å². The van der Waals surface area contributed by atoms with Crippen LogP contribution < -0.4 is 10.5 Å². The van der Waals surface area contributed by atoms with Crippen molar-refractivity contribution in [2.75, 3.05) is 26.8 Å². The first-order valence-electron chi connectivity index (χ1n) is 10.5. The van der Waals surface area contributed by atoms with Crippen molar-refractivity contribution >= 4 is 5.91 Å². The molecule has 148 valence electrons. The highest BCUT2D eigenvalue weighted by atomic mass is 16.5. The third kappa shape index (κ3) is 3.59. The molecule has 1 unspecified atom stereocenters. The lowest BCUT2D eigenvalue weighted by molar-refractivity contribution is -0.143. The van der Waals surface area contributed by atoms with E-state index in [0.29, 0.717) is 5.92 Å². The van der Waals surface area contributed by atoms with Gasteiger partial charge in [-0.1, -0.05) is 25.3 Å². The summed E-state index contributed by atoms with van der Waals surface area (Å²) < 4.78 is 11.7. The Labute approximate surface area is 162 Å². The third-order valence-corrected chi connectivity index (χ3v) is 6.88. The van der Waals surface area contributed by atoms with Crippen molar-refractivity contribution in [1.29, 1.82) is 0 Å². The molecule has 5 heteroatoms. The molecule has 5 nitrogen and oxygen atoms in total. The number of rotatable bonds is 3. The molecule has 27 heavy (non-hydrogen) atoms. The van der Waals surface area contributed by atoms with E-state index >= 15 is 0 Å². The van der Waals surface area contributed by atoms with Gasteiger partial charge in [-0.25, -0.2) is 0 Å². The third-order valence-electron chi connectivity index (χ3n) is 6.88. The number of fused-ring (bicyclic) bond motifs is 2. The van der Waals surface area contributed by atoms with Gasteiger partial charge in [-0.2, -0.15) is 0 Å². The number of nitrogens with zero attached hydrogens (tertiary/aromatic N) is 1. The standard InChI is InChI=1S/C22H32N2O3/c1-26-18-7-8-19-17(15-18)9-14-27-22(19)10-12-24(13-11-22)21(25)20(23)16-5-3-2-4-6-16/h7-8,15-16,20H,2-6,9-14,23H2,1H3. The molecule has 4 rings (SSSR count). The number of benzene rings is 1. The smallest absolute Gasteiger partial charge is 0.239 e. The van der Waals surface area contributed by atoms with Gasteiger partial charge in [-0.3, -0.25) is 4.79 Å². The molecule has 1 aromatic rings. The van der Waals surface area contributed by atoms with E-state index < -0.39 is 0 Å². The average molecular weight is 373 g/mol. The number of carbonyl (C=O) groups excluding carboxylic acids is 1. The maximum Gasteiger partial charge on any atom is 0.239 e. The summed E-state index contributed by atoms with van der Waals surface area (Å²) >= 11 is 0. The van der Waals surface area contributed by atoms with Gasteiger partial charge in [0.25, 0.3) is 0 Å². The number of likely N-dealkylation sites (tertiary alicyclic amines) is 1. The van der Waals surface area contributed by atoms with E-state index in [0.717, 1.165) is 57.6 Å². The molecule has 1 spiro atoms. The largest absolute Gasteiger partial charge is 0.497 e. The van der Waals surface area contributed by atoms with E-state index in [9.17, 15) is 4.79 Å². The summed E-state index contributed by atoms with van der Waals surface area (Å²) in [6, 6.07) is 5.98. The van der Waals surface area contributed by atoms with Gasteiger partial charge in [0.1, 0.15) is 5.75 Å². The highest BCUT2D eigenvalue weighted by Crippen LogP contribution is 2.42. The zero-order valence-electron chi connectivity index (χ0n) is 16.4. The lowest BCUT2D eigenvalue weighted by Gasteiger charge is -2.45. The minimum atomic E-state index is -0.330. The zero-order valence-corrected chi connectivity index (χ0v) is 16.4. The fourth-order valence-electron chi connectivity index (χ4n) is 5.19. The van der Waals surface area contributed by atoms with E-state index in [1.165, 1.54) is 30.4 Å². The van der Waals surface area contributed by atoms with E-state index in [1.807, 2.05) is 11.0 Å². The molecule has 1 atom stereocenters. The van der Waals surface area contributed by atoms with Gasteiger partial charge < -0.3 is 20.1 Å². The Bertz CT molecular complexity index is 676. The van der Waals surface area contributed by atoms with Crippen molar-refractivity contribution in [2.45, 2.75) is 63.0 Å². The molecule has 1 aromatic carbocycles. The Morgan fingerprint density at radius 3 is 2.70 bits per heavy atom. The number of hydrogen-bond donors (Lipinski definition) is 1. The molecule has 2 fully saturated rings. The van der Waals surface area contributed by atoms with Crippen molar-refractivity contribution < 1.29 is 14.3 Å². The lowest BCUT2D eigenvalue weighted by atomic mass is 9.78. The molecule has 0 aromatic heterocycles. The molecule has 2 heterocycles. The van der Waals surface area contributed by atoms with Crippen molar-refractivity contribution in [2.24, 2.45) is 11.7 Å². The summed E-state index contributed by atoms with van der Waals surface area (Å²) in [7, 11) is 1.70. The predicted molar refractivity (Wildman–Crippen MR) is 105 cm³/mol. The fourth-order valence-corrected chi connectivity index (χ4v) is 5.19. The van der Waals surface area contributed by atoms with Crippen LogP contribution in [0, 0.1) is 5.92 Å². The Morgan fingerprint density at radius 2 is 2.00 bits per heavy atom. The maximum atomic E-state index is 12.9. The number of methoxy groups -OCH3 is 1. The van der Waals surface area contributed by atoms with Crippen LogP contribution in [0.5, 0.6) is 5.75 Å². The Kier molecular flexibility index (Phi) is 5.42. The molecule has 2 N–H and O–H groups in total. The van der Waals surface area contributed by atoms with Crippen LogP contribution in [0.1, 0.15) is 56.1 Å². The molecule has 2 aliphatic heterocycles. The first-order valence-corrected chi connectivity index (χ1v) is 10.5. The minimum Gasteiger partial charge on any atom is -0.497 e. The summed E-state index contributed by atoms with van der Waals surface area (Å²) in [5, 5.41) is 0. The fraction of sp³-hybridized carbons (Fsp3) is 0.682. The van der Waals surface area contributed by atoms with E-state index in [2.05, 4.69) is 12.1 Å². The van der Waals surface area contributed by atoms with Crippen molar-refractivity contribution in [3.8, 4) is 5.75 Å². The van der Waals surface area contributed by atoms with Gasteiger partial charge in [0, 0.05) is 13.1 Å². The van der Waals surface area contributed by atoms with Crippen LogP contribution in [0.25, 0.3) is 0 Å². The van der Waals surface area contributed by atoms with Gasteiger partial charge in [0.05, 0.1) is 25.4 Å². The van der Waals surface area contributed by atoms with Crippen molar-refractivity contribution in [3.63, 3.8) is 0 Å². The summed E-state index contributed by atoms with van der Waals surface area (Å²) in [5.74, 6) is 1.40. The maximum absolute atomic E-state index is 12.9. The summed E-state index contributed by atoms with van der Waals surface area (Å²) in [5.41, 5.74) is 8.70. The van der Waals surface area contributed by atoms with Gasteiger partial charge in [0.2, 0.25) is 5.91 Å². The highest BCUT2D eigenvalue weighted by Gasteiger charge is 2.42. The molecule has 0 radical (unpaired) electrons. The second-order valence-corrected chi connectivity index (χ2v) is 8.36. The van der Waals surface area contributed by atoms with Gasteiger partial charge in [-0.05, 0) is 61.3 Å². The summed E-state index contributed by atoms with van der Waals surface area (Å²) in [6.07, 6.45) is 8.51. The topological polar surface area (TPSA) is 64.8 Å². The van der Waals surface area contributed by atoms with E-state index in [-0.39, 0.29) is 17.6 Å². The highest BCUT2D eigenvalue weighted by molar-refractivity contribution is 5.82. The normalized spacial score (nSPS) is 23.7. The summed E-state index contributed by atoms with van der Waals surface area (Å²) in [4.78, 5) is 14.9. The number of carbonyl (C=O) groups is 1. The van der Waals surface area contributed by atoms with Gasteiger partial charge in [-0.15, -0.1) is 0 Å². The lowest BCUT2D eigenvalue weighted by Crippen LogP contribution is -2.54. The Morgan fingerprint density at radius 1 is 1.26 bits per heavy atom. The molecule has 1 saturated carbocycles. The first-order chi connectivity index (χ1) is 13.1. The Hall–Kier alpha value is -1.59. The van der Waals surface area contributed by atoms with Crippen LogP contribution >= 0.6 is 0 Å².